The first-order valence-corrected chi connectivity index (χ1v) is 7.13. The first-order valence-electron chi connectivity index (χ1n) is 7.13. The molecule has 1 saturated heterocycles. The van der Waals surface area contributed by atoms with E-state index in [1.807, 2.05) is 12.1 Å². The van der Waals surface area contributed by atoms with Crippen LogP contribution in [0.4, 0.5) is 0 Å². The number of benzene rings is 1. The molecular formula is C16H19NO2. The Balaban J connectivity index is 1.59. The monoisotopic (exact) mass is 257 g/mol. The fraction of sp³-hybridized carbons (Fsp3) is 0.562. The van der Waals surface area contributed by atoms with Gasteiger partial charge < -0.3 is 9.47 Å². The Morgan fingerprint density at radius 2 is 1.84 bits per heavy atom. The molecule has 3 unspecified atom stereocenters. The van der Waals surface area contributed by atoms with Crippen molar-refractivity contribution in [3.05, 3.63) is 29.8 Å². The fourth-order valence-electron chi connectivity index (χ4n) is 3.20. The lowest BCUT2D eigenvalue weighted by Gasteiger charge is -2.38. The Hall–Kier alpha value is -1.53. The zero-order valence-corrected chi connectivity index (χ0v) is 11.0. The minimum Gasteiger partial charge on any atom is -0.465 e. The van der Waals surface area contributed by atoms with Gasteiger partial charge in [-0.3, -0.25) is 0 Å². The van der Waals surface area contributed by atoms with Crippen molar-refractivity contribution < 1.29 is 9.47 Å². The van der Waals surface area contributed by atoms with Gasteiger partial charge in [0.2, 0.25) is 0 Å². The van der Waals surface area contributed by atoms with Crippen molar-refractivity contribution in [3.63, 3.8) is 0 Å². The maximum Gasteiger partial charge on any atom is 0.200 e. The number of hydrogen-bond acceptors (Lipinski definition) is 3. The molecule has 3 atom stereocenters. The van der Waals surface area contributed by atoms with Crippen LogP contribution in [-0.4, -0.2) is 12.9 Å². The molecule has 3 nitrogen and oxygen atoms in total. The van der Waals surface area contributed by atoms with E-state index in [-0.39, 0.29) is 6.29 Å². The van der Waals surface area contributed by atoms with Gasteiger partial charge in [-0.2, -0.15) is 5.26 Å². The maximum absolute atomic E-state index is 8.76. The summed E-state index contributed by atoms with van der Waals surface area (Å²) in [6, 6.07) is 9.35. The molecule has 19 heavy (non-hydrogen) atoms. The lowest BCUT2D eigenvalue weighted by molar-refractivity contribution is -0.150. The highest BCUT2D eigenvalue weighted by atomic mass is 16.7. The van der Waals surface area contributed by atoms with Crippen LogP contribution < -0.4 is 4.74 Å². The number of rotatable bonds is 2. The first-order chi connectivity index (χ1) is 9.35. The van der Waals surface area contributed by atoms with Gasteiger partial charge in [0.05, 0.1) is 18.2 Å². The van der Waals surface area contributed by atoms with E-state index >= 15 is 0 Å². The van der Waals surface area contributed by atoms with Crippen molar-refractivity contribution in [3.8, 4) is 11.8 Å². The highest BCUT2D eigenvalue weighted by Crippen LogP contribution is 2.37. The van der Waals surface area contributed by atoms with E-state index in [0.29, 0.717) is 5.56 Å². The van der Waals surface area contributed by atoms with Crippen molar-refractivity contribution in [2.45, 2.75) is 38.4 Å². The van der Waals surface area contributed by atoms with Gasteiger partial charge in [-0.1, -0.05) is 12.8 Å². The third-order valence-corrected chi connectivity index (χ3v) is 4.31. The average molecular weight is 257 g/mol. The molecule has 0 spiro atoms. The summed E-state index contributed by atoms with van der Waals surface area (Å²) in [5.74, 6) is 2.30. The van der Waals surface area contributed by atoms with E-state index in [9.17, 15) is 0 Å². The third-order valence-electron chi connectivity index (χ3n) is 4.31. The highest BCUT2D eigenvalue weighted by molar-refractivity contribution is 5.34. The van der Waals surface area contributed by atoms with Gasteiger partial charge in [0.1, 0.15) is 5.75 Å². The van der Waals surface area contributed by atoms with Gasteiger partial charge in [0.15, 0.2) is 6.29 Å². The van der Waals surface area contributed by atoms with Crippen LogP contribution in [0.3, 0.4) is 0 Å². The van der Waals surface area contributed by atoms with Crippen LogP contribution in [-0.2, 0) is 4.74 Å². The zero-order valence-electron chi connectivity index (χ0n) is 11.0. The van der Waals surface area contributed by atoms with Gasteiger partial charge in [-0.05, 0) is 48.9 Å². The number of fused-ring (bicyclic) bond motifs is 1. The van der Waals surface area contributed by atoms with Gasteiger partial charge in [-0.25, -0.2) is 0 Å². The Morgan fingerprint density at radius 3 is 2.58 bits per heavy atom. The summed E-state index contributed by atoms with van der Waals surface area (Å²) >= 11 is 0. The quantitative estimate of drug-likeness (QED) is 0.814. The van der Waals surface area contributed by atoms with Gasteiger partial charge >= 0.3 is 0 Å². The Morgan fingerprint density at radius 1 is 1.11 bits per heavy atom. The van der Waals surface area contributed by atoms with Crippen LogP contribution in [0, 0.1) is 23.2 Å². The van der Waals surface area contributed by atoms with Crippen LogP contribution in [0.1, 0.15) is 37.7 Å². The molecule has 2 fully saturated rings. The average Bonchev–Trinajstić information content (AvgIpc) is 2.48. The first kappa shape index (κ1) is 12.5. The number of ether oxygens (including phenoxy) is 2. The minimum absolute atomic E-state index is 0.118. The van der Waals surface area contributed by atoms with Crippen molar-refractivity contribution in [2.24, 2.45) is 11.8 Å². The van der Waals surface area contributed by atoms with Gasteiger partial charge in [-0.15, -0.1) is 0 Å². The van der Waals surface area contributed by atoms with Crippen LogP contribution in [0.25, 0.3) is 0 Å². The molecule has 1 saturated carbocycles. The molecule has 0 aromatic heterocycles. The summed E-state index contributed by atoms with van der Waals surface area (Å²) in [5.41, 5.74) is 0.657. The molecule has 2 aliphatic rings. The molecule has 0 bridgehead atoms. The number of nitriles is 1. The Kier molecular flexibility index (Phi) is 3.70. The summed E-state index contributed by atoms with van der Waals surface area (Å²) in [6.07, 6.45) is 6.23. The van der Waals surface area contributed by atoms with E-state index in [1.165, 1.54) is 25.7 Å². The van der Waals surface area contributed by atoms with Crippen molar-refractivity contribution >= 4 is 0 Å². The molecule has 3 rings (SSSR count). The summed E-state index contributed by atoms with van der Waals surface area (Å²) in [7, 11) is 0. The summed E-state index contributed by atoms with van der Waals surface area (Å²) in [4.78, 5) is 0. The SMILES string of the molecule is N#Cc1ccc(OC2CC3CCCCC3CO2)cc1. The molecular weight excluding hydrogens is 238 g/mol. The van der Waals surface area contributed by atoms with E-state index in [4.69, 9.17) is 14.7 Å². The van der Waals surface area contributed by atoms with Crippen LogP contribution in [0.2, 0.25) is 0 Å². The maximum atomic E-state index is 8.76. The van der Waals surface area contributed by atoms with Crippen LogP contribution >= 0.6 is 0 Å². The largest absolute Gasteiger partial charge is 0.465 e. The molecule has 0 N–H and O–H groups in total. The van der Waals surface area contributed by atoms with Crippen molar-refractivity contribution in [2.75, 3.05) is 6.61 Å². The minimum atomic E-state index is -0.118. The van der Waals surface area contributed by atoms with Crippen LogP contribution in [0.5, 0.6) is 5.75 Å². The molecule has 1 heterocycles. The lowest BCUT2D eigenvalue weighted by atomic mass is 9.76. The van der Waals surface area contributed by atoms with E-state index in [0.717, 1.165) is 30.6 Å². The molecule has 1 aliphatic carbocycles. The zero-order chi connectivity index (χ0) is 13.1. The second kappa shape index (κ2) is 5.63. The van der Waals surface area contributed by atoms with E-state index < -0.39 is 0 Å². The number of nitrogens with zero attached hydrogens (tertiary/aromatic N) is 1. The van der Waals surface area contributed by atoms with E-state index in [1.54, 1.807) is 12.1 Å². The Bertz CT molecular complexity index is 463. The second-order valence-electron chi connectivity index (χ2n) is 5.56. The summed E-state index contributed by atoms with van der Waals surface area (Å²) < 4.78 is 11.7. The predicted octanol–water partition coefficient (Wildman–Crippen LogP) is 3.49. The molecule has 0 amide bonds. The standard InChI is InChI=1S/C16H19NO2/c17-10-12-5-7-15(8-6-12)19-16-9-13-3-1-2-4-14(13)11-18-16/h5-8,13-14,16H,1-4,9,11H2. The molecule has 100 valence electrons. The molecule has 1 aliphatic heterocycles. The summed E-state index contributed by atoms with van der Waals surface area (Å²) in [6.45, 7) is 0.839. The lowest BCUT2D eigenvalue weighted by Crippen LogP contribution is -2.38. The van der Waals surface area contributed by atoms with Gasteiger partial charge in [0, 0.05) is 6.42 Å². The molecule has 0 radical (unpaired) electrons. The molecule has 1 aromatic carbocycles. The van der Waals surface area contributed by atoms with Crippen molar-refractivity contribution in [1.29, 1.82) is 5.26 Å². The number of hydrogen-bond donors (Lipinski definition) is 0. The predicted molar refractivity (Wildman–Crippen MR) is 71.6 cm³/mol. The van der Waals surface area contributed by atoms with Gasteiger partial charge in [0.25, 0.3) is 0 Å². The Labute approximate surface area is 114 Å². The topological polar surface area (TPSA) is 42.2 Å². The normalized spacial score (nSPS) is 30.2. The highest BCUT2D eigenvalue weighted by Gasteiger charge is 2.33. The van der Waals surface area contributed by atoms with E-state index in [2.05, 4.69) is 6.07 Å². The molecule has 1 aromatic rings. The summed E-state index contributed by atoms with van der Waals surface area (Å²) in [5, 5.41) is 8.76. The smallest absolute Gasteiger partial charge is 0.200 e. The van der Waals surface area contributed by atoms with Crippen molar-refractivity contribution in [1.82, 2.24) is 0 Å². The molecule has 3 heteroatoms. The van der Waals surface area contributed by atoms with Crippen LogP contribution in [0.15, 0.2) is 24.3 Å². The third kappa shape index (κ3) is 2.90. The fourth-order valence-corrected chi connectivity index (χ4v) is 3.20. The second-order valence-corrected chi connectivity index (χ2v) is 5.56.